The molecule has 1 aliphatic rings. The molecule has 0 spiro atoms. The molecule has 1 fully saturated rings. The molecule has 1 aromatic rings. The maximum Gasteiger partial charge on any atom is 0.0511 e. The van der Waals surface area contributed by atoms with E-state index in [1.165, 1.54) is 17.7 Å². The van der Waals surface area contributed by atoms with E-state index in [4.69, 9.17) is 5.73 Å². The monoisotopic (exact) mass is 339 g/mol. The van der Waals surface area contributed by atoms with Crippen LogP contribution < -0.4 is 10.6 Å². The van der Waals surface area contributed by atoms with Gasteiger partial charge in [0.1, 0.15) is 0 Å². The highest BCUT2D eigenvalue weighted by molar-refractivity contribution is 9.10. The second-order valence-electron chi connectivity index (χ2n) is 5.61. The van der Waals surface area contributed by atoms with Crippen molar-refractivity contribution in [2.24, 2.45) is 5.73 Å². The molecule has 1 aliphatic heterocycles. The average Bonchev–Trinajstić information content (AvgIpc) is 2.89. The van der Waals surface area contributed by atoms with Gasteiger partial charge in [-0.15, -0.1) is 0 Å². The molecule has 2 atom stereocenters. The number of halogens is 1. The van der Waals surface area contributed by atoms with E-state index in [1.807, 2.05) is 6.92 Å². The molecular weight excluding hydrogens is 314 g/mol. The fourth-order valence-electron chi connectivity index (χ4n) is 3.06. The number of hydrogen-bond donors (Lipinski definition) is 1. The van der Waals surface area contributed by atoms with Gasteiger partial charge in [0.25, 0.3) is 0 Å². The van der Waals surface area contributed by atoms with E-state index in [-0.39, 0.29) is 6.04 Å². The smallest absolute Gasteiger partial charge is 0.0511 e. The minimum atomic E-state index is 0.0855. The third-order valence-corrected chi connectivity index (χ3v) is 4.97. The van der Waals surface area contributed by atoms with Crippen LogP contribution in [0.2, 0.25) is 0 Å². The largest absolute Gasteiger partial charge is 0.369 e. The summed E-state index contributed by atoms with van der Waals surface area (Å²) in [6, 6.07) is 7.28. The first-order valence-corrected chi connectivity index (χ1v) is 8.40. The Morgan fingerprint density at radius 1 is 1.40 bits per heavy atom. The summed E-state index contributed by atoms with van der Waals surface area (Å²) in [5.74, 6) is 0. The van der Waals surface area contributed by atoms with Crippen LogP contribution in [-0.4, -0.2) is 37.1 Å². The molecule has 2 unspecified atom stereocenters. The van der Waals surface area contributed by atoms with Gasteiger partial charge in [-0.05, 0) is 60.1 Å². The number of rotatable bonds is 5. The Hall–Kier alpha value is -0.580. The van der Waals surface area contributed by atoms with Crippen molar-refractivity contribution in [3.63, 3.8) is 0 Å². The average molecular weight is 340 g/mol. The first kappa shape index (κ1) is 15.8. The molecule has 4 heteroatoms. The van der Waals surface area contributed by atoms with Crippen molar-refractivity contribution < 1.29 is 0 Å². The van der Waals surface area contributed by atoms with Gasteiger partial charge in [0.15, 0.2) is 0 Å². The third-order valence-electron chi connectivity index (χ3n) is 4.33. The second-order valence-corrected chi connectivity index (χ2v) is 6.46. The third kappa shape index (κ3) is 3.35. The predicted octanol–water partition coefficient (Wildman–Crippen LogP) is 3.39. The van der Waals surface area contributed by atoms with Gasteiger partial charge in [-0.1, -0.05) is 19.9 Å². The molecule has 2 rings (SSSR count). The van der Waals surface area contributed by atoms with Gasteiger partial charge >= 0.3 is 0 Å². The molecule has 0 saturated carbocycles. The zero-order valence-corrected chi connectivity index (χ0v) is 14.4. The van der Waals surface area contributed by atoms with Crippen LogP contribution in [0.5, 0.6) is 0 Å². The Labute approximate surface area is 131 Å². The first-order chi connectivity index (χ1) is 9.56. The summed E-state index contributed by atoms with van der Waals surface area (Å²) in [5.41, 5.74) is 8.42. The van der Waals surface area contributed by atoms with Crippen molar-refractivity contribution >= 4 is 21.6 Å². The summed E-state index contributed by atoms with van der Waals surface area (Å²) in [4.78, 5) is 5.04. The lowest BCUT2D eigenvalue weighted by molar-refractivity contribution is 0.232. The van der Waals surface area contributed by atoms with Gasteiger partial charge in [0.2, 0.25) is 0 Å². The van der Waals surface area contributed by atoms with Crippen molar-refractivity contribution in [3.05, 3.63) is 28.2 Å². The fraction of sp³-hybridized carbons (Fsp3) is 0.625. The molecule has 2 N–H and O–H groups in total. The Kier molecular flexibility index (Phi) is 5.47. The minimum absolute atomic E-state index is 0.0855. The number of hydrogen-bond acceptors (Lipinski definition) is 3. The molecule has 20 heavy (non-hydrogen) atoms. The molecule has 1 heterocycles. The van der Waals surface area contributed by atoms with Gasteiger partial charge < -0.3 is 10.6 Å². The molecule has 1 saturated heterocycles. The number of anilines is 1. The Balaban J connectivity index is 2.10. The summed E-state index contributed by atoms with van der Waals surface area (Å²) in [6.45, 7) is 11.1. The highest BCUT2D eigenvalue weighted by Crippen LogP contribution is 2.32. The van der Waals surface area contributed by atoms with Gasteiger partial charge in [-0.25, -0.2) is 0 Å². The first-order valence-electron chi connectivity index (χ1n) is 7.60. The lowest BCUT2D eigenvalue weighted by atomic mass is 10.1. The summed E-state index contributed by atoms with van der Waals surface area (Å²) >= 11 is 3.71. The summed E-state index contributed by atoms with van der Waals surface area (Å²) < 4.78 is 1.16. The van der Waals surface area contributed by atoms with Gasteiger partial charge in [-0.2, -0.15) is 0 Å². The normalized spacial score (nSPS) is 20.7. The molecule has 112 valence electrons. The second kappa shape index (κ2) is 6.92. The van der Waals surface area contributed by atoms with E-state index in [9.17, 15) is 0 Å². The SMILES string of the molecule is CCN(CC)C1CCN(c2ccc(C(C)N)cc2Br)C1. The zero-order valence-electron chi connectivity index (χ0n) is 12.8. The van der Waals surface area contributed by atoms with Crippen LogP contribution in [0.15, 0.2) is 22.7 Å². The maximum absolute atomic E-state index is 5.94. The minimum Gasteiger partial charge on any atom is -0.369 e. The van der Waals surface area contributed by atoms with Gasteiger partial charge in [0.05, 0.1) is 5.69 Å². The van der Waals surface area contributed by atoms with Crippen molar-refractivity contribution in [2.45, 2.75) is 39.3 Å². The van der Waals surface area contributed by atoms with Crippen molar-refractivity contribution in [1.29, 1.82) is 0 Å². The fourth-order valence-corrected chi connectivity index (χ4v) is 3.71. The van der Waals surface area contributed by atoms with Gasteiger partial charge in [-0.3, -0.25) is 4.90 Å². The molecule has 3 nitrogen and oxygen atoms in total. The van der Waals surface area contributed by atoms with E-state index in [0.717, 1.165) is 30.7 Å². The van der Waals surface area contributed by atoms with Gasteiger partial charge in [0, 0.05) is 29.6 Å². The van der Waals surface area contributed by atoms with Crippen LogP contribution in [0.1, 0.15) is 38.8 Å². The summed E-state index contributed by atoms with van der Waals surface area (Å²) in [7, 11) is 0. The zero-order chi connectivity index (χ0) is 14.7. The number of benzene rings is 1. The van der Waals surface area contributed by atoms with E-state index in [2.05, 4.69) is 57.8 Å². The molecule has 0 aromatic heterocycles. The van der Waals surface area contributed by atoms with Crippen molar-refractivity contribution in [3.8, 4) is 0 Å². The Morgan fingerprint density at radius 3 is 2.65 bits per heavy atom. The lowest BCUT2D eigenvalue weighted by Gasteiger charge is -2.27. The predicted molar refractivity (Wildman–Crippen MR) is 90.3 cm³/mol. The van der Waals surface area contributed by atoms with Crippen LogP contribution >= 0.6 is 15.9 Å². The molecular formula is C16H26BrN3. The number of nitrogens with two attached hydrogens (primary N) is 1. The number of nitrogens with zero attached hydrogens (tertiary/aromatic N) is 2. The summed E-state index contributed by atoms with van der Waals surface area (Å²) in [6.07, 6.45) is 1.25. The van der Waals surface area contributed by atoms with E-state index < -0.39 is 0 Å². The molecule has 0 amide bonds. The maximum atomic E-state index is 5.94. The summed E-state index contributed by atoms with van der Waals surface area (Å²) in [5, 5.41) is 0. The van der Waals surface area contributed by atoms with Crippen LogP contribution in [0.25, 0.3) is 0 Å². The van der Waals surface area contributed by atoms with Crippen LogP contribution in [0.4, 0.5) is 5.69 Å². The standard InChI is InChI=1S/C16H26BrN3/c1-4-19(5-2)14-8-9-20(11-14)16-7-6-13(12(3)18)10-15(16)17/h6-7,10,12,14H,4-5,8-9,11,18H2,1-3H3. The van der Waals surface area contributed by atoms with E-state index in [1.54, 1.807) is 0 Å². The van der Waals surface area contributed by atoms with Crippen LogP contribution in [-0.2, 0) is 0 Å². The number of likely N-dealkylation sites (N-methyl/N-ethyl adjacent to an activating group) is 1. The van der Waals surface area contributed by atoms with E-state index in [0.29, 0.717) is 6.04 Å². The molecule has 0 bridgehead atoms. The van der Waals surface area contributed by atoms with E-state index >= 15 is 0 Å². The molecule has 0 aliphatic carbocycles. The molecule has 1 aromatic carbocycles. The Morgan fingerprint density at radius 2 is 2.10 bits per heavy atom. The lowest BCUT2D eigenvalue weighted by Crippen LogP contribution is -2.37. The quantitative estimate of drug-likeness (QED) is 0.892. The topological polar surface area (TPSA) is 32.5 Å². The Bertz CT molecular complexity index is 443. The highest BCUT2D eigenvalue weighted by Gasteiger charge is 2.27. The van der Waals surface area contributed by atoms with Crippen LogP contribution in [0.3, 0.4) is 0 Å². The molecule has 0 radical (unpaired) electrons. The van der Waals surface area contributed by atoms with Crippen molar-refractivity contribution in [1.82, 2.24) is 4.90 Å². The van der Waals surface area contributed by atoms with Crippen LogP contribution in [0, 0.1) is 0 Å². The van der Waals surface area contributed by atoms with Crippen molar-refractivity contribution in [2.75, 3.05) is 31.1 Å². The highest BCUT2D eigenvalue weighted by atomic mass is 79.9.